The van der Waals surface area contributed by atoms with Crippen molar-refractivity contribution >= 4 is 11.9 Å². The van der Waals surface area contributed by atoms with E-state index in [2.05, 4.69) is 25.2 Å². The first kappa shape index (κ1) is 15.4. The molecule has 23 heavy (non-hydrogen) atoms. The number of aromatic nitrogens is 3. The number of anilines is 1. The van der Waals surface area contributed by atoms with Gasteiger partial charge in [0.25, 0.3) is 0 Å². The number of nitrogens with one attached hydrogen (secondary N) is 1. The molecular weight excluding hydrogens is 290 g/mol. The molecular formula is C17H21N5O. The molecule has 0 spiro atoms. The molecule has 3 rings (SSSR count). The van der Waals surface area contributed by atoms with Crippen LogP contribution in [0.4, 0.5) is 5.95 Å². The number of pyridine rings is 1. The van der Waals surface area contributed by atoms with E-state index in [4.69, 9.17) is 0 Å². The molecule has 3 heterocycles. The Kier molecular flexibility index (Phi) is 4.80. The summed E-state index contributed by atoms with van der Waals surface area (Å²) in [4.78, 5) is 27.2. The molecule has 0 aliphatic carbocycles. The van der Waals surface area contributed by atoms with Crippen LogP contribution in [0.3, 0.4) is 0 Å². The van der Waals surface area contributed by atoms with Gasteiger partial charge < -0.3 is 10.2 Å². The Hall–Kier alpha value is -2.50. The van der Waals surface area contributed by atoms with Crippen LogP contribution in [-0.4, -0.2) is 40.0 Å². The number of carbonyl (C=O) groups is 1. The molecule has 1 amide bonds. The maximum Gasteiger partial charge on any atom is 0.226 e. The van der Waals surface area contributed by atoms with Gasteiger partial charge in [-0.05, 0) is 43.5 Å². The highest BCUT2D eigenvalue weighted by Gasteiger charge is 2.23. The van der Waals surface area contributed by atoms with Gasteiger partial charge in [-0.15, -0.1) is 0 Å². The smallest absolute Gasteiger partial charge is 0.226 e. The topological polar surface area (TPSA) is 71.0 Å². The minimum Gasteiger partial charge on any atom is -0.351 e. The standard InChI is InChI=1S/C17H21N5O/c1-13-5-8-18-15(10-13)11-16(23)21-14-4-2-9-22(12-14)17-19-6-3-7-20-17/h3,5-8,10,14H,2,4,9,11-12H2,1H3,(H,21,23)/t14-/m0/s1. The van der Waals surface area contributed by atoms with Crippen LogP contribution in [0.5, 0.6) is 0 Å². The van der Waals surface area contributed by atoms with Crippen molar-refractivity contribution in [3.63, 3.8) is 0 Å². The predicted octanol–water partition coefficient (Wildman–Crippen LogP) is 1.51. The molecule has 2 aromatic rings. The van der Waals surface area contributed by atoms with Crippen LogP contribution in [0.2, 0.25) is 0 Å². The summed E-state index contributed by atoms with van der Waals surface area (Å²) in [7, 11) is 0. The Labute approximate surface area is 136 Å². The highest BCUT2D eigenvalue weighted by molar-refractivity contribution is 5.78. The van der Waals surface area contributed by atoms with Gasteiger partial charge in [0, 0.05) is 43.4 Å². The Morgan fingerprint density at radius 3 is 2.91 bits per heavy atom. The molecule has 6 heteroatoms. The number of piperidine rings is 1. The first-order valence-corrected chi connectivity index (χ1v) is 7.93. The third-order valence-corrected chi connectivity index (χ3v) is 3.94. The summed E-state index contributed by atoms with van der Waals surface area (Å²) in [6, 6.07) is 5.82. The lowest BCUT2D eigenvalue weighted by Crippen LogP contribution is -2.48. The van der Waals surface area contributed by atoms with Gasteiger partial charge in [-0.1, -0.05) is 0 Å². The number of nitrogens with zero attached hydrogens (tertiary/aromatic N) is 4. The maximum absolute atomic E-state index is 12.2. The summed E-state index contributed by atoms with van der Waals surface area (Å²) < 4.78 is 0. The van der Waals surface area contributed by atoms with Crippen LogP contribution in [0, 0.1) is 6.92 Å². The molecule has 1 aliphatic rings. The normalized spacial score (nSPS) is 17.8. The van der Waals surface area contributed by atoms with Crippen molar-refractivity contribution in [2.24, 2.45) is 0 Å². The van der Waals surface area contributed by atoms with Crippen molar-refractivity contribution in [2.75, 3.05) is 18.0 Å². The molecule has 0 saturated carbocycles. The number of hydrogen-bond donors (Lipinski definition) is 1. The quantitative estimate of drug-likeness (QED) is 0.926. The van der Waals surface area contributed by atoms with Gasteiger partial charge in [0.2, 0.25) is 11.9 Å². The third-order valence-electron chi connectivity index (χ3n) is 3.94. The zero-order chi connectivity index (χ0) is 16.1. The highest BCUT2D eigenvalue weighted by Crippen LogP contribution is 2.15. The van der Waals surface area contributed by atoms with E-state index >= 15 is 0 Å². The van der Waals surface area contributed by atoms with Crippen molar-refractivity contribution in [1.29, 1.82) is 0 Å². The average Bonchev–Trinajstić information content (AvgIpc) is 2.56. The second kappa shape index (κ2) is 7.17. The van der Waals surface area contributed by atoms with E-state index in [1.54, 1.807) is 18.6 Å². The average molecular weight is 311 g/mol. The van der Waals surface area contributed by atoms with Gasteiger partial charge in [-0.2, -0.15) is 0 Å². The molecule has 0 radical (unpaired) electrons. The molecule has 1 fully saturated rings. The van der Waals surface area contributed by atoms with E-state index in [0.717, 1.165) is 43.1 Å². The Morgan fingerprint density at radius 1 is 1.30 bits per heavy atom. The number of carbonyl (C=O) groups excluding carboxylic acids is 1. The molecule has 1 aliphatic heterocycles. The molecule has 120 valence electrons. The third kappa shape index (κ3) is 4.25. The molecule has 6 nitrogen and oxygen atoms in total. The monoisotopic (exact) mass is 311 g/mol. The Bertz CT molecular complexity index is 661. The lowest BCUT2D eigenvalue weighted by molar-refractivity contribution is -0.121. The summed E-state index contributed by atoms with van der Waals surface area (Å²) in [5.41, 5.74) is 1.93. The molecule has 0 bridgehead atoms. The van der Waals surface area contributed by atoms with Crippen molar-refractivity contribution in [2.45, 2.75) is 32.2 Å². The van der Waals surface area contributed by atoms with Gasteiger partial charge in [0.1, 0.15) is 0 Å². The van der Waals surface area contributed by atoms with Gasteiger partial charge in [-0.3, -0.25) is 9.78 Å². The van der Waals surface area contributed by atoms with Crippen LogP contribution < -0.4 is 10.2 Å². The van der Waals surface area contributed by atoms with Crippen LogP contribution in [0.1, 0.15) is 24.1 Å². The van der Waals surface area contributed by atoms with Gasteiger partial charge in [-0.25, -0.2) is 9.97 Å². The lowest BCUT2D eigenvalue weighted by Gasteiger charge is -2.33. The summed E-state index contributed by atoms with van der Waals surface area (Å²) in [5.74, 6) is 0.746. The van der Waals surface area contributed by atoms with Crippen LogP contribution in [-0.2, 0) is 11.2 Å². The van der Waals surface area contributed by atoms with E-state index in [0.29, 0.717) is 6.42 Å². The van der Waals surface area contributed by atoms with E-state index in [-0.39, 0.29) is 11.9 Å². The number of rotatable bonds is 4. The molecule has 0 aromatic carbocycles. The zero-order valence-corrected chi connectivity index (χ0v) is 13.3. The van der Waals surface area contributed by atoms with E-state index in [9.17, 15) is 4.79 Å². The van der Waals surface area contributed by atoms with Crippen molar-refractivity contribution in [1.82, 2.24) is 20.3 Å². The largest absolute Gasteiger partial charge is 0.351 e. The van der Waals surface area contributed by atoms with Gasteiger partial charge >= 0.3 is 0 Å². The summed E-state index contributed by atoms with van der Waals surface area (Å²) in [6.45, 7) is 3.68. The first-order chi connectivity index (χ1) is 11.2. The van der Waals surface area contributed by atoms with Crippen molar-refractivity contribution in [3.05, 3.63) is 48.0 Å². The minimum atomic E-state index is 0.0175. The van der Waals surface area contributed by atoms with Crippen LogP contribution >= 0.6 is 0 Å². The second-order valence-corrected chi connectivity index (χ2v) is 5.90. The van der Waals surface area contributed by atoms with Crippen LogP contribution in [0.25, 0.3) is 0 Å². The highest BCUT2D eigenvalue weighted by atomic mass is 16.1. The number of amides is 1. The summed E-state index contributed by atoms with van der Waals surface area (Å²) in [6.07, 6.45) is 7.55. The lowest BCUT2D eigenvalue weighted by atomic mass is 10.1. The zero-order valence-electron chi connectivity index (χ0n) is 13.3. The molecule has 2 aromatic heterocycles. The fourth-order valence-electron chi connectivity index (χ4n) is 2.87. The molecule has 1 N–H and O–H groups in total. The van der Waals surface area contributed by atoms with Gasteiger partial charge in [0.05, 0.1) is 6.42 Å². The van der Waals surface area contributed by atoms with E-state index in [1.807, 2.05) is 25.1 Å². The van der Waals surface area contributed by atoms with E-state index < -0.39 is 0 Å². The molecule has 0 unspecified atom stereocenters. The first-order valence-electron chi connectivity index (χ1n) is 7.93. The summed E-state index contributed by atoms with van der Waals surface area (Å²) in [5, 5.41) is 3.11. The maximum atomic E-state index is 12.2. The summed E-state index contributed by atoms with van der Waals surface area (Å²) >= 11 is 0. The fourth-order valence-corrected chi connectivity index (χ4v) is 2.87. The van der Waals surface area contributed by atoms with Crippen molar-refractivity contribution in [3.8, 4) is 0 Å². The van der Waals surface area contributed by atoms with E-state index in [1.165, 1.54) is 0 Å². The molecule has 1 atom stereocenters. The minimum absolute atomic E-state index is 0.0175. The second-order valence-electron chi connectivity index (χ2n) is 5.90. The van der Waals surface area contributed by atoms with Crippen LogP contribution in [0.15, 0.2) is 36.8 Å². The van der Waals surface area contributed by atoms with Crippen molar-refractivity contribution < 1.29 is 4.79 Å². The van der Waals surface area contributed by atoms with Gasteiger partial charge in [0.15, 0.2) is 0 Å². The number of hydrogen-bond acceptors (Lipinski definition) is 5. The number of aryl methyl sites for hydroxylation is 1. The Morgan fingerprint density at radius 2 is 2.13 bits per heavy atom. The SMILES string of the molecule is Cc1ccnc(CC(=O)N[C@H]2CCCN(c3ncccn3)C2)c1. The Balaban J connectivity index is 1.56. The fraction of sp³-hybridized carbons (Fsp3) is 0.412. The predicted molar refractivity (Wildman–Crippen MR) is 88.1 cm³/mol. The molecule has 1 saturated heterocycles.